The molecule has 0 aliphatic heterocycles. The minimum absolute atomic E-state index is 0.127. The Labute approximate surface area is 137 Å². The van der Waals surface area contributed by atoms with Crippen molar-refractivity contribution < 1.29 is 18.3 Å². The molecule has 0 saturated carbocycles. The van der Waals surface area contributed by atoms with Crippen LogP contribution in [0.5, 0.6) is 5.75 Å². The molecule has 1 aromatic heterocycles. The van der Waals surface area contributed by atoms with Crippen LogP contribution in [0.25, 0.3) is 10.9 Å². The molecule has 0 aliphatic carbocycles. The Bertz CT molecular complexity index is 876. The van der Waals surface area contributed by atoms with Crippen LogP contribution in [0.3, 0.4) is 0 Å². The molecule has 6 heteroatoms. The van der Waals surface area contributed by atoms with Gasteiger partial charge in [0.15, 0.2) is 11.6 Å². The highest BCUT2D eigenvalue weighted by Crippen LogP contribution is 2.17. The number of hydrogen-bond acceptors (Lipinski definition) is 2. The van der Waals surface area contributed by atoms with Crippen molar-refractivity contribution in [2.45, 2.75) is 13.0 Å². The number of ether oxygens (including phenoxy) is 1. The van der Waals surface area contributed by atoms with Gasteiger partial charge in [-0.2, -0.15) is 0 Å². The van der Waals surface area contributed by atoms with Gasteiger partial charge in [-0.15, -0.1) is 0 Å². The van der Waals surface area contributed by atoms with Gasteiger partial charge in [-0.05, 0) is 43.3 Å². The van der Waals surface area contributed by atoms with Crippen LogP contribution in [0.1, 0.15) is 17.4 Å². The maximum atomic E-state index is 13.5. The van der Waals surface area contributed by atoms with Crippen molar-refractivity contribution in [3.8, 4) is 5.75 Å². The number of amides is 1. The molecular formula is C18H16F2N2O2. The quantitative estimate of drug-likeness (QED) is 0.750. The Hall–Kier alpha value is -2.89. The van der Waals surface area contributed by atoms with Crippen LogP contribution in [-0.2, 0) is 0 Å². The van der Waals surface area contributed by atoms with E-state index in [0.717, 1.165) is 0 Å². The summed E-state index contributed by atoms with van der Waals surface area (Å²) in [7, 11) is 0. The Kier molecular flexibility index (Phi) is 4.46. The number of rotatable bonds is 5. The molecule has 2 aromatic carbocycles. The highest BCUT2D eigenvalue weighted by atomic mass is 19.1. The zero-order chi connectivity index (χ0) is 17.1. The first kappa shape index (κ1) is 16.0. The van der Waals surface area contributed by atoms with Crippen molar-refractivity contribution >= 4 is 16.8 Å². The number of hydrogen-bond donors (Lipinski definition) is 2. The van der Waals surface area contributed by atoms with Gasteiger partial charge < -0.3 is 15.0 Å². The molecule has 0 spiro atoms. The smallest absolute Gasteiger partial charge is 0.268 e. The van der Waals surface area contributed by atoms with Gasteiger partial charge in [-0.25, -0.2) is 8.78 Å². The zero-order valence-electron chi connectivity index (χ0n) is 13.0. The van der Waals surface area contributed by atoms with Gasteiger partial charge in [0, 0.05) is 10.9 Å². The molecule has 1 unspecified atom stereocenters. The summed E-state index contributed by atoms with van der Waals surface area (Å²) in [4.78, 5) is 15.2. The van der Waals surface area contributed by atoms with Gasteiger partial charge in [0.1, 0.15) is 18.1 Å². The summed E-state index contributed by atoms with van der Waals surface area (Å²) in [5.74, 6) is -1.01. The topological polar surface area (TPSA) is 54.1 Å². The van der Waals surface area contributed by atoms with Crippen molar-refractivity contribution in [1.82, 2.24) is 10.3 Å². The Morgan fingerprint density at radius 2 is 2.00 bits per heavy atom. The molecule has 3 rings (SSSR count). The minimum atomic E-state index is -0.450. The van der Waals surface area contributed by atoms with Gasteiger partial charge in [-0.3, -0.25) is 4.79 Å². The standard InChI is InChI=1S/C18H16F2N2O2/c1-11(10-24-17-5-3-2-4-14(17)20)21-18(23)16-9-12-8-13(19)6-7-15(12)22-16/h2-9,11,22H,10H2,1H3,(H,21,23). The third-order valence-electron chi connectivity index (χ3n) is 3.53. The lowest BCUT2D eigenvalue weighted by Crippen LogP contribution is -2.37. The predicted molar refractivity (Wildman–Crippen MR) is 87.1 cm³/mol. The van der Waals surface area contributed by atoms with Crippen molar-refractivity contribution in [2.75, 3.05) is 6.61 Å². The maximum Gasteiger partial charge on any atom is 0.268 e. The van der Waals surface area contributed by atoms with Crippen LogP contribution in [0.15, 0.2) is 48.5 Å². The van der Waals surface area contributed by atoms with Crippen LogP contribution in [0, 0.1) is 11.6 Å². The van der Waals surface area contributed by atoms with E-state index in [1.807, 2.05) is 0 Å². The molecule has 4 nitrogen and oxygen atoms in total. The molecule has 3 aromatic rings. The Morgan fingerprint density at radius 3 is 2.79 bits per heavy atom. The number of halogens is 2. The van der Waals surface area contributed by atoms with E-state index < -0.39 is 5.82 Å². The number of para-hydroxylation sites is 1. The van der Waals surface area contributed by atoms with Crippen molar-refractivity contribution in [3.05, 3.63) is 65.9 Å². The summed E-state index contributed by atoms with van der Waals surface area (Å²) >= 11 is 0. The average molecular weight is 330 g/mol. The number of benzene rings is 2. The maximum absolute atomic E-state index is 13.5. The lowest BCUT2D eigenvalue weighted by Gasteiger charge is -2.14. The van der Waals surface area contributed by atoms with E-state index >= 15 is 0 Å². The molecule has 0 saturated heterocycles. The third-order valence-corrected chi connectivity index (χ3v) is 3.53. The van der Waals surface area contributed by atoms with Crippen LogP contribution in [0.2, 0.25) is 0 Å². The lowest BCUT2D eigenvalue weighted by atomic mass is 10.2. The number of aromatic nitrogens is 1. The van der Waals surface area contributed by atoms with Crippen LogP contribution in [0.4, 0.5) is 8.78 Å². The first-order valence-corrected chi connectivity index (χ1v) is 7.49. The molecule has 0 aliphatic rings. The van der Waals surface area contributed by atoms with E-state index in [9.17, 15) is 13.6 Å². The van der Waals surface area contributed by atoms with E-state index in [-0.39, 0.29) is 30.1 Å². The number of aromatic amines is 1. The summed E-state index contributed by atoms with van der Waals surface area (Å²) in [5, 5.41) is 3.37. The largest absolute Gasteiger partial charge is 0.488 e. The van der Waals surface area contributed by atoms with Crippen LogP contribution in [-0.4, -0.2) is 23.5 Å². The molecule has 1 atom stereocenters. The summed E-state index contributed by atoms with van der Waals surface area (Å²) in [6.07, 6.45) is 0. The average Bonchev–Trinajstić information content (AvgIpc) is 2.97. The van der Waals surface area contributed by atoms with Crippen molar-refractivity contribution in [2.24, 2.45) is 0 Å². The van der Waals surface area contributed by atoms with Crippen molar-refractivity contribution in [3.63, 3.8) is 0 Å². The fraction of sp³-hybridized carbons (Fsp3) is 0.167. The Morgan fingerprint density at radius 1 is 1.21 bits per heavy atom. The number of carbonyl (C=O) groups excluding carboxylic acids is 1. The summed E-state index contributed by atoms with van der Waals surface area (Å²) in [6, 6.07) is 11.6. The molecule has 124 valence electrons. The van der Waals surface area contributed by atoms with Crippen molar-refractivity contribution in [1.29, 1.82) is 0 Å². The Balaban J connectivity index is 1.61. The minimum Gasteiger partial charge on any atom is -0.488 e. The number of nitrogens with one attached hydrogen (secondary N) is 2. The van der Waals surface area contributed by atoms with E-state index in [2.05, 4.69) is 10.3 Å². The van der Waals surface area contributed by atoms with Crippen LogP contribution < -0.4 is 10.1 Å². The second kappa shape index (κ2) is 6.70. The van der Waals surface area contributed by atoms with Gasteiger partial charge in [0.25, 0.3) is 5.91 Å². The second-order valence-corrected chi connectivity index (χ2v) is 5.53. The first-order valence-electron chi connectivity index (χ1n) is 7.49. The van der Waals surface area contributed by atoms with Gasteiger partial charge >= 0.3 is 0 Å². The highest BCUT2D eigenvalue weighted by Gasteiger charge is 2.14. The lowest BCUT2D eigenvalue weighted by molar-refractivity contribution is 0.0922. The number of carbonyl (C=O) groups is 1. The molecule has 24 heavy (non-hydrogen) atoms. The van der Waals surface area contributed by atoms with Gasteiger partial charge in [0.2, 0.25) is 0 Å². The monoisotopic (exact) mass is 330 g/mol. The zero-order valence-corrected chi connectivity index (χ0v) is 13.0. The number of H-pyrrole nitrogens is 1. The molecule has 2 N–H and O–H groups in total. The second-order valence-electron chi connectivity index (χ2n) is 5.53. The molecule has 0 bridgehead atoms. The van der Waals surface area contributed by atoms with E-state index in [1.54, 1.807) is 31.2 Å². The summed E-state index contributed by atoms with van der Waals surface area (Å²) in [6.45, 7) is 1.88. The predicted octanol–water partition coefficient (Wildman–Crippen LogP) is 3.64. The van der Waals surface area contributed by atoms with Gasteiger partial charge in [-0.1, -0.05) is 12.1 Å². The SMILES string of the molecule is CC(COc1ccccc1F)NC(=O)c1cc2cc(F)ccc2[nH]1. The van der Waals surface area contributed by atoms with Gasteiger partial charge in [0.05, 0.1) is 6.04 Å². The summed E-state index contributed by atoms with van der Waals surface area (Å²) in [5.41, 5.74) is 1.00. The molecular weight excluding hydrogens is 314 g/mol. The highest BCUT2D eigenvalue weighted by molar-refractivity contribution is 5.98. The fourth-order valence-electron chi connectivity index (χ4n) is 2.35. The molecule has 0 fully saturated rings. The van der Waals surface area contributed by atoms with E-state index in [1.165, 1.54) is 24.3 Å². The molecule has 1 amide bonds. The van der Waals surface area contributed by atoms with E-state index in [0.29, 0.717) is 16.6 Å². The van der Waals surface area contributed by atoms with Crippen LogP contribution >= 0.6 is 0 Å². The molecule has 1 heterocycles. The first-order chi connectivity index (χ1) is 11.5. The molecule has 0 radical (unpaired) electrons. The van der Waals surface area contributed by atoms with E-state index in [4.69, 9.17) is 4.74 Å². The normalized spacial score (nSPS) is 12.1. The number of fused-ring (bicyclic) bond motifs is 1. The third kappa shape index (κ3) is 3.53. The fourth-order valence-corrected chi connectivity index (χ4v) is 2.35. The summed E-state index contributed by atoms with van der Waals surface area (Å²) < 4.78 is 32.0.